The average molecular weight is 309 g/mol. The molecule has 0 aromatic heterocycles. The molecule has 2 unspecified atom stereocenters. The summed E-state index contributed by atoms with van der Waals surface area (Å²) in [6, 6.07) is 3.79. The van der Waals surface area contributed by atoms with Gasteiger partial charge in [0.05, 0.1) is 10.0 Å². The zero-order valence-corrected chi connectivity index (χ0v) is 12.2. The number of aliphatic hydroxyl groups excluding tert-OH is 1. The first-order valence-electron chi connectivity index (χ1n) is 6.10. The second-order valence-electron chi connectivity index (χ2n) is 4.68. The van der Waals surface area contributed by atoms with Gasteiger partial charge in [-0.1, -0.05) is 41.2 Å². The third-order valence-corrected chi connectivity index (χ3v) is 4.77. The maximum absolute atomic E-state index is 9.27. The van der Waals surface area contributed by atoms with Crippen molar-refractivity contribution in [2.75, 3.05) is 6.61 Å². The third kappa shape index (κ3) is 3.12. The van der Waals surface area contributed by atoms with Crippen molar-refractivity contribution in [3.63, 3.8) is 0 Å². The molecule has 1 aromatic carbocycles. The molecular formula is C13H16Cl3NO. The van der Waals surface area contributed by atoms with Gasteiger partial charge in [-0.25, -0.2) is 0 Å². The molecule has 100 valence electrons. The van der Waals surface area contributed by atoms with Gasteiger partial charge in [0.2, 0.25) is 0 Å². The van der Waals surface area contributed by atoms with Crippen LogP contribution < -0.4 is 5.32 Å². The lowest BCUT2D eigenvalue weighted by Crippen LogP contribution is -2.33. The second kappa shape index (κ2) is 6.44. The standard InChI is InChI=1S/C13H16Cl3NO/c14-10-4-5-11(15)13(16)9(10)6-17-12-3-1-2-8(12)7-18/h4-5,8,12,17-18H,1-3,6-7H2. The van der Waals surface area contributed by atoms with Gasteiger partial charge in [-0.15, -0.1) is 0 Å². The third-order valence-electron chi connectivity index (χ3n) is 3.57. The zero-order valence-electron chi connectivity index (χ0n) is 9.93. The largest absolute Gasteiger partial charge is 0.396 e. The Labute approximate surface area is 122 Å². The fraction of sp³-hybridized carbons (Fsp3) is 0.538. The van der Waals surface area contributed by atoms with Gasteiger partial charge in [0.25, 0.3) is 0 Å². The van der Waals surface area contributed by atoms with Crippen LogP contribution in [0.3, 0.4) is 0 Å². The highest BCUT2D eigenvalue weighted by Gasteiger charge is 2.26. The highest BCUT2D eigenvalue weighted by atomic mass is 35.5. The van der Waals surface area contributed by atoms with Crippen molar-refractivity contribution in [3.05, 3.63) is 32.8 Å². The van der Waals surface area contributed by atoms with Crippen molar-refractivity contribution in [1.82, 2.24) is 5.32 Å². The topological polar surface area (TPSA) is 32.3 Å². The van der Waals surface area contributed by atoms with Gasteiger partial charge in [-0.2, -0.15) is 0 Å². The fourth-order valence-corrected chi connectivity index (χ4v) is 3.17. The zero-order chi connectivity index (χ0) is 13.1. The Balaban J connectivity index is 2.04. The highest BCUT2D eigenvalue weighted by Crippen LogP contribution is 2.32. The van der Waals surface area contributed by atoms with Gasteiger partial charge in [-0.3, -0.25) is 0 Å². The molecule has 0 spiro atoms. The average Bonchev–Trinajstić information content (AvgIpc) is 2.81. The summed E-state index contributed by atoms with van der Waals surface area (Å²) in [5, 5.41) is 14.3. The number of hydrogen-bond donors (Lipinski definition) is 2. The molecule has 0 amide bonds. The van der Waals surface area contributed by atoms with Crippen LogP contribution in [0.1, 0.15) is 24.8 Å². The predicted molar refractivity (Wildman–Crippen MR) is 76.5 cm³/mol. The number of halogens is 3. The summed E-state index contributed by atoms with van der Waals surface area (Å²) < 4.78 is 0. The molecular weight excluding hydrogens is 293 g/mol. The minimum Gasteiger partial charge on any atom is -0.396 e. The van der Waals surface area contributed by atoms with Crippen molar-refractivity contribution >= 4 is 34.8 Å². The quantitative estimate of drug-likeness (QED) is 0.827. The number of aliphatic hydroxyl groups is 1. The molecule has 1 aromatic rings. The van der Waals surface area contributed by atoms with Crippen LogP contribution in [0.25, 0.3) is 0 Å². The van der Waals surface area contributed by atoms with Crippen molar-refractivity contribution < 1.29 is 5.11 Å². The lowest BCUT2D eigenvalue weighted by molar-refractivity contribution is 0.205. The molecule has 18 heavy (non-hydrogen) atoms. The lowest BCUT2D eigenvalue weighted by atomic mass is 10.0. The molecule has 0 aliphatic heterocycles. The van der Waals surface area contributed by atoms with E-state index in [1.165, 1.54) is 0 Å². The van der Waals surface area contributed by atoms with E-state index in [4.69, 9.17) is 34.8 Å². The van der Waals surface area contributed by atoms with Crippen molar-refractivity contribution in [1.29, 1.82) is 0 Å². The second-order valence-corrected chi connectivity index (χ2v) is 5.88. The normalized spacial score (nSPS) is 23.6. The summed E-state index contributed by atoms with van der Waals surface area (Å²) in [6.07, 6.45) is 3.31. The predicted octanol–water partition coefficient (Wildman–Crippen LogP) is 3.90. The van der Waals surface area contributed by atoms with Gasteiger partial charge in [0.1, 0.15) is 0 Å². The van der Waals surface area contributed by atoms with E-state index in [-0.39, 0.29) is 6.61 Å². The maximum Gasteiger partial charge on any atom is 0.0652 e. The van der Waals surface area contributed by atoms with E-state index < -0.39 is 0 Å². The van der Waals surface area contributed by atoms with Crippen molar-refractivity contribution in [3.8, 4) is 0 Å². The van der Waals surface area contributed by atoms with Crippen LogP contribution in [-0.4, -0.2) is 17.8 Å². The van der Waals surface area contributed by atoms with Gasteiger partial charge in [0.15, 0.2) is 0 Å². The Morgan fingerprint density at radius 2 is 1.89 bits per heavy atom. The molecule has 2 N–H and O–H groups in total. The van der Waals surface area contributed by atoms with Crippen LogP contribution in [0.15, 0.2) is 12.1 Å². The number of hydrogen-bond acceptors (Lipinski definition) is 2. The Morgan fingerprint density at radius 1 is 1.17 bits per heavy atom. The summed E-state index contributed by atoms with van der Waals surface area (Å²) in [5.74, 6) is 0.335. The van der Waals surface area contributed by atoms with E-state index in [0.717, 1.165) is 24.8 Å². The van der Waals surface area contributed by atoms with Crippen LogP contribution in [0.5, 0.6) is 0 Å². The van der Waals surface area contributed by atoms with E-state index in [1.807, 2.05) is 0 Å². The van der Waals surface area contributed by atoms with E-state index in [2.05, 4.69) is 5.32 Å². The fourth-order valence-electron chi connectivity index (χ4n) is 2.49. The molecule has 1 saturated carbocycles. The molecule has 2 nitrogen and oxygen atoms in total. The van der Waals surface area contributed by atoms with Crippen LogP contribution >= 0.6 is 34.8 Å². The summed E-state index contributed by atoms with van der Waals surface area (Å²) in [7, 11) is 0. The smallest absolute Gasteiger partial charge is 0.0652 e. The Hall–Kier alpha value is 0.01000. The summed E-state index contributed by atoms with van der Waals surface area (Å²) in [5.41, 5.74) is 0.828. The van der Waals surface area contributed by atoms with Gasteiger partial charge in [-0.05, 0) is 30.9 Å². The first kappa shape index (κ1) is 14.4. The Kier molecular flexibility index (Phi) is 5.16. The molecule has 0 saturated heterocycles. The Morgan fingerprint density at radius 3 is 2.61 bits per heavy atom. The van der Waals surface area contributed by atoms with Crippen LogP contribution in [0.2, 0.25) is 15.1 Å². The SMILES string of the molecule is OCC1CCCC1NCc1c(Cl)ccc(Cl)c1Cl. The lowest BCUT2D eigenvalue weighted by Gasteiger charge is -2.20. The molecule has 2 rings (SSSR count). The molecule has 0 radical (unpaired) electrons. The van der Waals surface area contributed by atoms with E-state index >= 15 is 0 Å². The summed E-state index contributed by atoms with van der Waals surface area (Å²) >= 11 is 18.3. The summed E-state index contributed by atoms with van der Waals surface area (Å²) in [4.78, 5) is 0. The Bertz CT molecular complexity index is 425. The van der Waals surface area contributed by atoms with Crippen molar-refractivity contribution in [2.24, 2.45) is 5.92 Å². The van der Waals surface area contributed by atoms with Gasteiger partial charge >= 0.3 is 0 Å². The first-order valence-corrected chi connectivity index (χ1v) is 7.23. The molecule has 2 atom stereocenters. The summed E-state index contributed by atoms with van der Waals surface area (Å²) in [6.45, 7) is 0.814. The minimum atomic E-state index is 0.231. The molecule has 0 bridgehead atoms. The number of nitrogens with one attached hydrogen (secondary N) is 1. The number of rotatable bonds is 4. The van der Waals surface area contributed by atoms with Crippen LogP contribution in [-0.2, 0) is 6.54 Å². The molecule has 5 heteroatoms. The van der Waals surface area contributed by atoms with E-state index in [9.17, 15) is 5.11 Å². The van der Waals surface area contributed by atoms with E-state index in [1.54, 1.807) is 12.1 Å². The molecule has 1 aliphatic rings. The minimum absolute atomic E-state index is 0.231. The highest BCUT2D eigenvalue weighted by molar-refractivity contribution is 6.44. The maximum atomic E-state index is 9.27. The first-order chi connectivity index (χ1) is 8.63. The number of benzene rings is 1. The monoisotopic (exact) mass is 307 g/mol. The van der Waals surface area contributed by atoms with E-state index in [0.29, 0.717) is 33.6 Å². The molecule has 1 fully saturated rings. The molecule has 1 aliphatic carbocycles. The van der Waals surface area contributed by atoms with Crippen LogP contribution in [0.4, 0.5) is 0 Å². The van der Waals surface area contributed by atoms with Crippen molar-refractivity contribution in [2.45, 2.75) is 31.8 Å². The van der Waals surface area contributed by atoms with Gasteiger partial charge in [0, 0.05) is 29.8 Å². The van der Waals surface area contributed by atoms with Gasteiger partial charge < -0.3 is 10.4 Å². The molecule has 0 heterocycles. The van der Waals surface area contributed by atoms with Crippen LogP contribution in [0, 0.1) is 5.92 Å².